The zero-order valence-electron chi connectivity index (χ0n) is 13.4. The summed E-state index contributed by atoms with van der Waals surface area (Å²) in [6.45, 7) is 4.06. The topological polar surface area (TPSA) is 32.9 Å². The van der Waals surface area contributed by atoms with Crippen LogP contribution < -0.4 is 5.43 Å². The highest BCUT2D eigenvalue weighted by Gasteiger charge is 2.73. The van der Waals surface area contributed by atoms with Crippen LogP contribution in [-0.4, -0.2) is 17.3 Å². The Morgan fingerprint density at radius 1 is 0.960 bits per heavy atom. The van der Waals surface area contributed by atoms with Crippen molar-refractivity contribution in [1.29, 1.82) is 0 Å². The third kappa shape index (κ3) is 2.79. The maximum absolute atomic E-state index is 14.3. The lowest BCUT2D eigenvalue weighted by Crippen LogP contribution is -2.50. The van der Waals surface area contributed by atoms with Gasteiger partial charge in [0.2, 0.25) is 0 Å². The molecule has 0 spiro atoms. The molecular weight excluding hydrogens is 355 g/mol. The molecule has 0 unspecified atom stereocenters. The summed E-state index contributed by atoms with van der Waals surface area (Å²) in [5.41, 5.74) is -7.78. The number of rotatable bonds is 2. The number of aryl methyl sites for hydroxylation is 2. The Hall–Kier alpha value is -2.06. The van der Waals surface area contributed by atoms with Gasteiger partial charge in [-0.2, -0.15) is 26.3 Å². The molecule has 2 rings (SSSR count). The number of alkyl halides is 7. The molecule has 1 heterocycles. The summed E-state index contributed by atoms with van der Waals surface area (Å²) in [5.74, 6) is 0. The van der Waals surface area contributed by atoms with Crippen molar-refractivity contribution in [3.05, 3.63) is 44.7 Å². The summed E-state index contributed by atoms with van der Waals surface area (Å²) >= 11 is 0. The van der Waals surface area contributed by atoms with Gasteiger partial charge >= 0.3 is 18.0 Å². The summed E-state index contributed by atoms with van der Waals surface area (Å²) in [5, 5.41) is -0.425. The van der Waals surface area contributed by atoms with Crippen LogP contribution in [0.2, 0.25) is 0 Å². The quantitative estimate of drug-likeness (QED) is 0.743. The first-order valence-electron chi connectivity index (χ1n) is 7.24. The molecule has 0 bridgehead atoms. The molecule has 2 aromatic rings. The minimum absolute atomic E-state index is 0.0559. The van der Waals surface area contributed by atoms with Crippen molar-refractivity contribution in [3.63, 3.8) is 0 Å². The van der Waals surface area contributed by atoms with Crippen LogP contribution in [0.5, 0.6) is 0 Å². The predicted octanol–water partition coefficient (Wildman–Crippen LogP) is 5.00. The van der Waals surface area contributed by atoms with Crippen molar-refractivity contribution < 1.29 is 30.7 Å². The van der Waals surface area contributed by atoms with E-state index in [2.05, 4.69) is 4.98 Å². The van der Waals surface area contributed by atoms with Gasteiger partial charge in [-0.05, 0) is 38.0 Å². The van der Waals surface area contributed by atoms with Crippen LogP contribution in [-0.2, 0) is 12.1 Å². The molecule has 2 nitrogen and oxygen atoms in total. The molecule has 1 N–H and O–H groups in total. The van der Waals surface area contributed by atoms with Gasteiger partial charge in [0.25, 0.3) is 0 Å². The van der Waals surface area contributed by atoms with Crippen LogP contribution in [0.3, 0.4) is 0 Å². The first-order chi connectivity index (χ1) is 11.3. The average Bonchev–Trinajstić information content (AvgIpc) is 2.47. The second-order valence-electron chi connectivity index (χ2n) is 5.78. The molecule has 25 heavy (non-hydrogen) atoms. The van der Waals surface area contributed by atoms with Crippen molar-refractivity contribution >= 4 is 10.9 Å². The van der Waals surface area contributed by atoms with E-state index < -0.39 is 40.0 Å². The second-order valence-corrected chi connectivity index (χ2v) is 5.78. The van der Waals surface area contributed by atoms with Crippen LogP contribution in [0.1, 0.15) is 29.3 Å². The average molecular weight is 369 g/mol. The molecule has 0 fully saturated rings. The zero-order valence-corrected chi connectivity index (χ0v) is 13.4. The Labute approximate surface area is 137 Å². The minimum atomic E-state index is -6.23. The third-order valence-corrected chi connectivity index (χ3v) is 4.19. The Morgan fingerprint density at radius 3 is 1.92 bits per heavy atom. The highest BCUT2D eigenvalue weighted by atomic mass is 19.4. The van der Waals surface area contributed by atoms with E-state index in [9.17, 15) is 35.5 Å². The standard InChI is InChI=1S/C16H14F7NO/c1-4-11-8(3)13(25)9-6-10(7(2)5-12(9)24-11)14(17,15(18,19)20)16(21,22)23/h5-6H,4H2,1-3H3,(H,24,25). The molecule has 0 saturated heterocycles. The van der Waals surface area contributed by atoms with E-state index in [0.717, 1.165) is 13.0 Å². The summed E-state index contributed by atoms with van der Waals surface area (Å²) < 4.78 is 92.2. The molecule has 1 aromatic heterocycles. The van der Waals surface area contributed by atoms with Gasteiger partial charge in [0.15, 0.2) is 5.43 Å². The summed E-state index contributed by atoms with van der Waals surface area (Å²) in [6, 6.07) is 1.27. The molecule has 0 saturated carbocycles. The van der Waals surface area contributed by atoms with Crippen molar-refractivity contribution in [2.24, 2.45) is 0 Å². The van der Waals surface area contributed by atoms with Crippen molar-refractivity contribution in [3.8, 4) is 0 Å². The lowest BCUT2D eigenvalue weighted by molar-refractivity contribution is -0.348. The molecule has 0 atom stereocenters. The van der Waals surface area contributed by atoms with Crippen molar-refractivity contribution in [2.75, 3.05) is 0 Å². The molecule has 0 aliphatic heterocycles. The van der Waals surface area contributed by atoms with Crippen molar-refractivity contribution in [2.45, 2.75) is 45.2 Å². The van der Waals surface area contributed by atoms with Gasteiger partial charge in [-0.1, -0.05) is 6.92 Å². The lowest BCUT2D eigenvalue weighted by atomic mass is 9.88. The number of benzene rings is 1. The smallest absolute Gasteiger partial charge is 0.358 e. The van der Waals surface area contributed by atoms with Gasteiger partial charge in [-0.25, -0.2) is 4.39 Å². The number of hydrogen-bond donors (Lipinski definition) is 1. The molecule has 138 valence electrons. The van der Waals surface area contributed by atoms with Crippen LogP contribution in [0.15, 0.2) is 16.9 Å². The van der Waals surface area contributed by atoms with Gasteiger partial charge < -0.3 is 4.98 Å². The molecule has 0 aliphatic carbocycles. The molecule has 0 aliphatic rings. The van der Waals surface area contributed by atoms with Crippen LogP contribution >= 0.6 is 0 Å². The van der Waals surface area contributed by atoms with Gasteiger partial charge in [0.05, 0.1) is 0 Å². The number of fused-ring (bicyclic) bond motifs is 1. The van der Waals surface area contributed by atoms with Gasteiger partial charge in [0, 0.05) is 27.7 Å². The van der Waals surface area contributed by atoms with Crippen LogP contribution in [0.4, 0.5) is 30.7 Å². The fourth-order valence-electron chi connectivity index (χ4n) is 2.79. The Bertz CT molecular complexity index is 863. The number of aromatic nitrogens is 1. The van der Waals surface area contributed by atoms with E-state index >= 15 is 0 Å². The van der Waals surface area contributed by atoms with E-state index in [0.29, 0.717) is 18.2 Å². The Balaban J connectivity index is 2.94. The largest absolute Gasteiger partial charge is 0.435 e. The maximum Gasteiger partial charge on any atom is 0.435 e. The maximum atomic E-state index is 14.3. The summed E-state index contributed by atoms with van der Waals surface area (Å²) in [4.78, 5) is 15.1. The predicted molar refractivity (Wildman–Crippen MR) is 78.3 cm³/mol. The van der Waals surface area contributed by atoms with Crippen LogP contribution in [0, 0.1) is 13.8 Å². The molecule has 0 radical (unpaired) electrons. The second kappa shape index (κ2) is 5.74. The van der Waals surface area contributed by atoms with Crippen molar-refractivity contribution in [1.82, 2.24) is 4.98 Å². The monoisotopic (exact) mass is 369 g/mol. The van der Waals surface area contributed by atoms with E-state index in [-0.39, 0.29) is 11.1 Å². The Kier molecular flexibility index (Phi) is 4.42. The van der Waals surface area contributed by atoms with E-state index in [1.54, 1.807) is 6.92 Å². The fourth-order valence-corrected chi connectivity index (χ4v) is 2.79. The lowest BCUT2D eigenvalue weighted by Gasteiger charge is -2.31. The SMILES string of the molecule is CCc1[nH]c2cc(C)c(C(F)(C(F)(F)F)C(F)(F)F)cc2c(=O)c1C. The van der Waals surface area contributed by atoms with E-state index in [1.165, 1.54) is 6.92 Å². The zero-order chi connectivity index (χ0) is 19.4. The minimum Gasteiger partial charge on any atom is -0.358 e. The normalized spacial score (nSPS) is 13.5. The summed E-state index contributed by atoms with van der Waals surface area (Å²) in [7, 11) is 0. The highest BCUT2D eigenvalue weighted by Crippen LogP contribution is 2.54. The van der Waals surface area contributed by atoms with E-state index in [1.807, 2.05) is 0 Å². The van der Waals surface area contributed by atoms with Gasteiger partial charge in [-0.3, -0.25) is 4.79 Å². The third-order valence-electron chi connectivity index (χ3n) is 4.19. The number of hydrogen-bond acceptors (Lipinski definition) is 1. The van der Waals surface area contributed by atoms with Crippen LogP contribution in [0.25, 0.3) is 10.9 Å². The molecular formula is C16H14F7NO. The molecule has 1 aromatic carbocycles. The van der Waals surface area contributed by atoms with Gasteiger partial charge in [-0.15, -0.1) is 0 Å². The first kappa shape index (κ1) is 19.3. The first-order valence-corrected chi connectivity index (χ1v) is 7.24. The number of pyridine rings is 1. The number of H-pyrrole nitrogens is 1. The highest BCUT2D eigenvalue weighted by molar-refractivity contribution is 5.81. The van der Waals surface area contributed by atoms with Gasteiger partial charge in [0.1, 0.15) is 0 Å². The number of nitrogens with one attached hydrogen (secondary N) is 1. The Morgan fingerprint density at radius 2 is 1.48 bits per heavy atom. The number of aromatic amines is 1. The molecule has 0 amide bonds. The fraction of sp³-hybridized carbons (Fsp3) is 0.438. The summed E-state index contributed by atoms with van der Waals surface area (Å²) in [6.07, 6.45) is -12.0. The molecule has 9 heteroatoms. The van der Waals surface area contributed by atoms with E-state index in [4.69, 9.17) is 0 Å². The number of halogens is 7.